The Morgan fingerprint density at radius 1 is 1.13 bits per heavy atom. The van der Waals surface area contributed by atoms with E-state index in [1.807, 2.05) is 17.2 Å². The Labute approximate surface area is 182 Å². The summed E-state index contributed by atoms with van der Waals surface area (Å²) in [5.74, 6) is 0.622. The molecule has 0 spiro atoms. The van der Waals surface area contributed by atoms with Crippen LogP contribution in [-0.2, 0) is 11.2 Å². The van der Waals surface area contributed by atoms with Crippen LogP contribution < -0.4 is 15.8 Å². The number of carbonyl (C=O) groups is 1. The number of rotatable bonds is 5. The zero-order valence-corrected chi connectivity index (χ0v) is 17.6. The molecule has 2 N–H and O–H groups in total. The van der Waals surface area contributed by atoms with Gasteiger partial charge in [-0.1, -0.05) is 18.2 Å². The average Bonchev–Trinajstić information content (AvgIpc) is 3.56. The lowest BCUT2D eigenvalue weighted by atomic mass is 9.90. The van der Waals surface area contributed by atoms with E-state index in [4.69, 9.17) is 4.98 Å². The molecule has 0 bridgehead atoms. The maximum absolute atomic E-state index is 14.1. The van der Waals surface area contributed by atoms with Gasteiger partial charge in [0.25, 0.3) is 0 Å². The lowest BCUT2D eigenvalue weighted by molar-refractivity contribution is -0.131. The molecule has 31 heavy (non-hydrogen) atoms. The maximum Gasteiger partial charge on any atom is 0.227 e. The number of aromatic nitrogens is 2. The minimum absolute atomic E-state index is 0.0134. The van der Waals surface area contributed by atoms with Gasteiger partial charge >= 0.3 is 0 Å². The lowest BCUT2D eigenvalue weighted by Crippen LogP contribution is -2.50. The SMILES string of the molecule is O=C(Cc1ccccc1F)N1CCCC1C1NNCC1c1ccnc(N2CCCC2)n1. The molecule has 164 valence electrons. The van der Waals surface area contributed by atoms with Crippen molar-refractivity contribution in [1.29, 1.82) is 0 Å². The van der Waals surface area contributed by atoms with Crippen molar-refractivity contribution < 1.29 is 9.18 Å². The Morgan fingerprint density at radius 3 is 2.81 bits per heavy atom. The third kappa shape index (κ3) is 4.14. The first-order valence-electron chi connectivity index (χ1n) is 11.3. The molecule has 0 radical (unpaired) electrons. The minimum atomic E-state index is -0.319. The molecule has 3 aliphatic heterocycles. The van der Waals surface area contributed by atoms with Crippen molar-refractivity contribution in [3.63, 3.8) is 0 Å². The molecule has 0 aliphatic carbocycles. The van der Waals surface area contributed by atoms with Gasteiger partial charge in [-0.15, -0.1) is 0 Å². The third-order valence-electron chi connectivity index (χ3n) is 6.79. The fourth-order valence-corrected chi connectivity index (χ4v) is 5.19. The number of anilines is 1. The smallest absolute Gasteiger partial charge is 0.227 e. The van der Waals surface area contributed by atoms with Crippen LogP contribution in [-0.4, -0.2) is 59.0 Å². The fourth-order valence-electron chi connectivity index (χ4n) is 5.19. The Kier molecular flexibility index (Phi) is 5.82. The van der Waals surface area contributed by atoms with Gasteiger partial charge in [-0.2, -0.15) is 0 Å². The van der Waals surface area contributed by atoms with E-state index < -0.39 is 0 Å². The van der Waals surface area contributed by atoms with Crippen molar-refractivity contribution in [1.82, 2.24) is 25.7 Å². The summed E-state index contributed by atoms with van der Waals surface area (Å²) < 4.78 is 14.1. The molecule has 7 nitrogen and oxygen atoms in total. The highest BCUT2D eigenvalue weighted by Crippen LogP contribution is 2.31. The highest BCUT2D eigenvalue weighted by atomic mass is 19.1. The van der Waals surface area contributed by atoms with Crippen LogP contribution in [0.2, 0.25) is 0 Å². The van der Waals surface area contributed by atoms with Crippen LogP contribution in [0.5, 0.6) is 0 Å². The van der Waals surface area contributed by atoms with Crippen LogP contribution in [0.1, 0.15) is 42.9 Å². The first-order valence-corrected chi connectivity index (χ1v) is 11.3. The van der Waals surface area contributed by atoms with E-state index in [-0.39, 0.29) is 36.1 Å². The van der Waals surface area contributed by atoms with Gasteiger partial charge in [-0.3, -0.25) is 15.6 Å². The number of nitrogens with zero attached hydrogens (tertiary/aromatic N) is 4. The van der Waals surface area contributed by atoms with Crippen molar-refractivity contribution >= 4 is 11.9 Å². The first-order chi connectivity index (χ1) is 15.2. The van der Waals surface area contributed by atoms with E-state index in [1.54, 1.807) is 18.2 Å². The topological polar surface area (TPSA) is 73.4 Å². The summed E-state index contributed by atoms with van der Waals surface area (Å²) in [5, 5.41) is 0. The average molecular weight is 425 g/mol. The maximum atomic E-state index is 14.1. The highest BCUT2D eigenvalue weighted by Gasteiger charge is 2.42. The Morgan fingerprint density at radius 2 is 1.97 bits per heavy atom. The quantitative estimate of drug-likeness (QED) is 0.765. The van der Waals surface area contributed by atoms with Gasteiger partial charge in [0.2, 0.25) is 11.9 Å². The van der Waals surface area contributed by atoms with Crippen molar-refractivity contribution in [3.8, 4) is 0 Å². The van der Waals surface area contributed by atoms with E-state index >= 15 is 0 Å². The van der Waals surface area contributed by atoms with E-state index in [2.05, 4.69) is 20.7 Å². The number of amides is 1. The lowest BCUT2D eigenvalue weighted by Gasteiger charge is -2.32. The summed E-state index contributed by atoms with van der Waals surface area (Å²) in [4.78, 5) is 26.6. The van der Waals surface area contributed by atoms with Crippen molar-refractivity contribution in [2.45, 2.75) is 50.1 Å². The molecule has 2 aromatic rings. The summed E-state index contributed by atoms with van der Waals surface area (Å²) in [6.45, 7) is 3.49. The molecule has 1 aromatic heterocycles. The number of likely N-dealkylation sites (tertiary alicyclic amines) is 1. The van der Waals surface area contributed by atoms with Gasteiger partial charge in [0.1, 0.15) is 5.82 Å². The van der Waals surface area contributed by atoms with Crippen molar-refractivity contribution in [2.24, 2.45) is 0 Å². The number of hydrogen-bond acceptors (Lipinski definition) is 6. The zero-order chi connectivity index (χ0) is 21.2. The van der Waals surface area contributed by atoms with Crippen molar-refractivity contribution in [2.75, 3.05) is 31.1 Å². The minimum Gasteiger partial charge on any atom is -0.341 e. The predicted molar refractivity (Wildman–Crippen MR) is 116 cm³/mol. The summed E-state index contributed by atoms with van der Waals surface area (Å²) >= 11 is 0. The third-order valence-corrected chi connectivity index (χ3v) is 6.79. The van der Waals surface area contributed by atoms with Crippen LogP contribution >= 0.6 is 0 Å². The highest BCUT2D eigenvalue weighted by molar-refractivity contribution is 5.79. The molecule has 0 saturated carbocycles. The summed E-state index contributed by atoms with van der Waals surface area (Å²) in [6.07, 6.45) is 6.21. The zero-order valence-electron chi connectivity index (χ0n) is 17.6. The molecule has 8 heteroatoms. The van der Waals surface area contributed by atoms with Crippen LogP contribution in [0.25, 0.3) is 0 Å². The molecule has 3 unspecified atom stereocenters. The number of halogens is 1. The summed E-state index contributed by atoms with van der Waals surface area (Å²) in [7, 11) is 0. The van der Waals surface area contributed by atoms with Gasteiger partial charge in [0, 0.05) is 44.3 Å². The Balaban J connectivity index is 1.33. The van der Waals surface area contributed by atoms with Crippen LogP contribution in [0.4, 0.5) is 10.3 Å². The van der Waals surface area contributed by atoms with Gasteiger partial charge < -0.3 is 9.80 Å². The van der Waals surface area contributed by atoms with E-state index in [9.17, 15) is 9.18 Å². The fraction of sp³-hybridized carbons (Fsp3) is 0.522. The molecule has 1 aromatic carbocycles. The number of benzene rings is 1. The van der Waals surface area contributed by atoms with Gasteiger partial charge in [0.05, 0.1) is 18.2 Å². The van der Waals surface area contributed by atoms with Gasteiger partial charge in [-0.25, -0.2) is 14.4 Å². The number of hydrogen-bond donors (Lipinski definition) is 2. The van der Waals surface area contributed by atoms with E-state index in [1.165, 1.54) is 18.9 Å². The second-order valence-electron chi connectivity index (χ2n) is 8.70. The standard InChI is InChI=1S/C23H29FN6O/c24-18-7-2-1-6-16(18)14-21(31)30-13-5-8-20(30)22-17(15-26-28-22)19-9-10-25-23(27-19)29-11-3-4-12-29/h1-2,6-7,9-10,17,20,22,26,28H,3-5,8,11-15H2. The van der Waals surface area contributed by atoms with Gasteiger partial charge in [-0.05, 0) is 43.4 Å². The molecule has 3 fully saturated rings. The molecule has 5 rings (SSSR count). The molecular formula is C23H29FN6O. The summed E-state index contributed by atoms with van der Waals surface area (Å²) in [5.41, 5.74) is 8.15. The predicted octanol–water partition coefficient (Wildman–Crippen LogP) is 2.01. The normalized spacial score (nSPS) is 26.0. The second kappa shape index (κ2) is 8.88. The molecular weight excluding hydrogens is 395 g/mol. The van der Waals surface area contributed by atoms with Crippen LogP contribution in [0.3, 0.4) is 0 Å². The molecule has 1 amide bonds. The Hall–Kier alpha value is -2.58. The number of nitrogens with one attached hydrogen (secondary N) is 2. The molecule has 3 aliphatic rings. The second-order valence-corrected chi connectivity index (χ2v) is 8.70. The molecule has 4 heterocycles. The number of carbonyl (C=O) groups excluding carboxylic acids is 1. The molecule has 3 atom stereocenters. The molecule has 3 saturated heterocycles. The van der Waals surface area contributed by atoms with Crippen molar-refractivity contribution in [3.05, 3.63) is 53.6 Å². The first kappa shape index (κ1) is 20.3. The summed E-state index contributed by atoms with van der Waals surface area (Å²) in [6, 6.07) is 8.65. The number of hydrazine groups is 1. The Bertz CT molecular complexity index is 934. The largest absolute Gasteiger partial charge is 0.341 e. The van der Waals surface area contributed by atoms with E-state index in [0.29, 0.717) is 12.1 Å². The van der Waals surface area contributed by atoms with Crippen LogP contribution in [0.15, 0.2) is 36.5 Å². The van der Waals surface area contributed by atoms with Crippen LogP contribution in [0, 0.1) is 5.82 Å². The van der Waals surface area contributed by atoms with E-state index in [0.717, 1.165) is 44.1 Å². The monoisotopic (exact) mass is 424 g/mol. The van der Waals surface area contributed by atoms with Gasteiger partial charge in [0.15, 0.2) is 0 Å².